The summed E-state index contributed by atoms with van der Waals surface area (Å²) >= 11 is 6.09. The molecule has 0 aliphatic heterocycles. The molecule has 3 aromatic rings. The number of hydrogen-bond donors (Lipinski definition) is 3. The Morgan fingerprint density at radius 2 is 1.39 bits per heavy atom. The number of rotatable bonds is 5. The van der Waals surface area contributed by atoms with Gasteiger partial charge in [-0.15, -0.1) is 0 Å². The van der Waals surface area contributed by atoms with Crippen molar-refractivity contribution in [2.75, 3.05) is 10.6 Å². The number of aryl methyl sites for hydroxylation is 1. The molecule has 0 spiro atoms. The third-order valence-electron chi connectivity index (χ3n) is 4.20. The minimum Gasteiger partial charge on any atom is -0.324 e. The monoisotopic (exact) mass is 393 g/mol. The van der Waals surface area contributed by atoms with Gasteiger partial charge in [-0.25, -0.2) is 4.79 Å². The van der Waals surface area contributed by atoms with Crippen molar-refractivity contribution >= 4 is 34.9 Å². The Morgan fingerprint density at radius 3 is 2.07 bits per heavy atom. The van der Waals surface area contributed by atoms with Crippen LogP contribution >= 0.6 is 11.6 Å². The number of hydrogen-bond acceptors (Lipinski definition) is 2. The summed E-state index contributed by atoms with van der Waals surface area (Å²) in [4.78, 5) is 25.5. The van der Waals surface area contributed by atoms with E-state index < -0.39 is 12.1 Å². The molecule has 28 heavy (non-hydrogen) atoms. The van der Waals surface area contributed by atoms with Crippen LogP contribution in [0.3, 0.4) is 0 Å². The number of carbonyl (C=O) groups excluding carboxylic acids is 2. The van der Waals surface area contributed by atoms with Crippen LogP contribution in [0.2, 0.25) is 5.02 Å². The summed E-state index contributed by atoms with van der Waals surface area (Å²) < 4.78 is 0. The molecule has 0 bridgehead atoms. The summed E-state index contributed by atoms with van der Waals surface area (Å²) in [6.45, 7) is 1.91. The zero-order chi connectivity index (χ0) is 19.9. The third kappa shape index (κ3) is 4.90. The minimum absolute atomic E-state index is 0.338. The summed E-state index contributed by atoms with van der Waals surface area (Å²) in [5, 5.41) is 8.70. The smallest absolute Gasteiger partial charge is 0.320 e. The lowest BCUT2D eigenvalue weighted by Crippen LogP contribution is -2.39. The van der Waals surface area contributed by atoms with Crippen molar-refractivity contribution in [3.05, 3.63) is 95.0 Å². The lowest BCUT2D eigenvalue weighted by Gasteiger charge is -2.20. The molecular formula is C22H20ClN3O2. The van der Waals surface area contributed by atoms with Crippen LogP contribution in [0.5, 0.6) is 0 Å². The van der Waals surface area contributed by atoms with Crippen LogP contribution in [-0.4, -0.2) is 11.9 Å². The predicted molar refractivity (Wildman–Crippen MR) is 113 cm³/mol. The van der Waals surface area contributed by atoms with E-state index in [-0.39, 0.29) is 5.91 Å². The molecule has 0 fully saturated rings. The predicted octanol–water partition coefficient (Wildman–Crippen LogP) is 5.15. The normalized spacial score (nSPS) is 11.4. The van der Waals surface area contributed by atoms with Crippen molar-refractivity contribution in [2.45, 2.75) is 13.0 Å². The van der Waals surface area contributed by atoms with Crippen molar-refractivity contribution in [3.63, 3.8) is 0 Å². The van der Waals surface area contributed by atoms with Gasteiger partial charge in [-0.1, -0.05) is 72.3 Å². The molecular weight excluding hydrogens is 374 g/mol. The van der Waals surface area contributed by atoms with Gasteiger partial charge >= 0.3 is 6.03 Å². The quantitative estimate of drug-likeness (QED) is 0.561. The molecule has 3 amide bonds. The van der Waals surface area contributed by atoms with Gasteiger partial charge in [-0.2, -0.15) is 0 Å². The van der Waals surface area contributed by atoms with E-state index in [0.29, 0.717) is 22.0 Å². The van der Waals surface area contributed by atoms with Crippen molar-refractivity contribution in [2.24, 2.45) is 0 Å². The standard InChI is InChI=1S/C22H20ClN3O2/c1-15-9-5-7-13-18(15)24-21(27)20(16-10-3-2-4-11-16)26-22(28)25-19-14-8-6-12-17(19)23/h2-14,20H,1H3,(H,24,27)(H2,25,26,28)/t20-/m1/s1. The number of urea groups is 1. The Bertz CT molecular complexity index is 976. The van der Waals surface area contributed by atoms with Crippen molar-refractivity contribution in [1.82, 2.24) is 5.32 Å². The van der Waals surface area contributed by atoms with Gasteiger partial charge in [-0.3, -0.25) is 4.79 Å². The van der Waals surface area contributed by atoms with Gasteiger partial charge in [0.2, 0.25) is 0 Å². The molecule has 0 aromatic heterocycles. The van der Waals surface area contributed by atoms with Crippen LogP contribution in [0.25, 0.3) is 0 Å². The Kier molecular flexibility index (Phi) is 6.29. The van der Waals surface area contributed by atoms with E-state index in [9.17, 15) is 9.59 Å². The highest BCUT2D eigenvalue weighted by Gasteiger charge is 2.23. The van der Waals surface area contributed by atoms with E-state index >= 15 is 0 Å². The topological polar surface area (TPSA) is 70.2 Å². The lowest BCUT2D eigenvalue weighted by molar-refractivity contribution is -0.118. The maximum Gasteiger partial charge on any atom is 0.320 e. The molecule has 0 radical (unpaired) electrons. The van der Waals surface area contributed by atoms with Crippen molar-refractivity contribution in [3.8, 4) is 0 Å². The van der Waals surface area contributed by atoms with E-state index in [0.717, 1.165) is 5.56 Å². The summed E-state index contributed by atoms with van der Waals surface area (Å²) in [5.41, 5.74) is 2.76. The molecule has 1 atom stereocenters. The Balaban J connectivity index is 1.79. The molecule has 0 saturated heterocycles. The highest BCUT2D eigenvalue weighted by molar-refractivity contribution is 6.33. The lowest BCUT2D eigenvalue weighted by atomic mass is 10.1. The van der Waals surface area contributed by atoms with E-state index in [1.54, 1.807) is 36.4 Å². The molecule has 0 saturated carbocycles. The molecule has 6 heteroatoms. The van der Waals surface area contributed by atoms with Crippen LogP contribution in [0, 0.1) is 6.92 Å². The first kappa shape index (κ1) is 19.5. The number of para-hydroxylation sites is 2. The van der Waals surface area contributed by atoms with Crippen molar-refractivity contribution < 1.29 is 9.59 Å². The Labute approximate surface area is 168 Å². The van der Waals surface area contributed by atoms with Crippen LogP contribution in [0.15, 0.2) is 78.9 Å². The fourth-order valence-corrected chi connectivity index (χ4v) is 2.90. The van der Waals surface area contributed by atoms with Crippen LogP contribution in [0.4, 0.5) is 16.2 Å². The minimum atomic E-state index is -0.872. The molecule has 0 aliphatic carbocycles. The van der Waals surface area contributed by atoms with Gasteiger partial charge in [0, 0.05) is 5.69 Å². The zero-order valence-corrected chi connectivity index (χ0v) is 16.0. The van der Waals surface area contributed by atoms with E-state index in [1.165, 1.54) is 0 Å². The summed E-state index contributed by atoms with van der Waals surface area (Å²) in [7, 11) is 0. The molecule has 3 rings (SSSR count). The number of carbonyl (C=O) groups is 2. The van der Waals surface area contributed by atoms with Crippen molar-refractivity contribution in [1.29, 1.82) is 0 Å². The number of benzene rings is 3. The third-order valence-corrected chi connectivity index (χ3v) is 4.53. The zero-order valence-electron chi connectivity index (χ0n) is 15.3. The highest BCUT2D eigenvalue weighted by atomic mass is 35.5. The first-order valence-electron chi connectivity index (χ1n) is 8.78. The number of amides is 3. The average Bonchev–Trinajstić information content (AvgIpc) is 2.70. The van der Waals surface area contributed by atoms with Gasteiger partial charge < -0.3 is 16.0 Å². The Hall–Kier alpha value is -3.31. The first-order chi connectivity index (χ1) is 13.5. The van der Waals surface area contributed by atoms with Crippen LogP contribution in [-0.2, 0) is 4.79 Å². The molecule has 3 aromatic carbocycles. The summed E-state index contributed by atoms with van der Waals surface area (Å²) in [6.07, 6.45) is 0. The molecule has 142 valence electrons. The highest BCUT2D eigenvalue weighted by Crippen LogP contribution is 2.22. The fraction of sp³-hybridized carbons (Fsp3) is 0.0909. The number of halogens is 1. The van der Waals surface area contributed by atoms with Gasteiger partial charge in [0.1, 0.15) is 6.04 Å². The Morgan fingerprint density at radius 1 is 0.786 bits per heavy atom. The molecule has 5 nitrogen and oxygen atoms in total. The molecule has 0 heterocycles. The molecule has 0 aliphatic rings. The van der Waals surface area contributed by atoms with E-state index in [2.05, 4.69) is 16.0 Å². The molecule has 0 unspecified atom stereocenters. The average molecular weight is 394 g/mol. The van der Waals surface area contributed by atoms with Gasteiger partial charge in [0.15, 0.2) is 0 Å². The van der Waals surface area contributed by atoms with Crippen LogP contribution in [0.1, 0.15) is 17.2 Å². The SMILES string of the molecule is Cc1ccccc1NC(=O)[C@H](NC(=O)Nc1ccccc1Cl)c1ccccc1. The van der Waals surface area contributed by atoms with Crippen LogP contribution < -0.4 is 16.0 Å². The maximum atomic E-state index is 12.9. The fourth-order valence-electron chi connectivity index (χ4n) is 2.72. The second-order valence-corrected chi connectivity index (χ2v) is 6.63. The largest absolute Gasteiger partial charge is 0.324 e. The van der Waals surface area contributed by atoms with E-state index in [4.69, 9.17) is 11.6 Å². The second kappa shape index (κ2) is 9.06. The van der Waals surface area contributed by atoms with Gasteiger partial charge in [0.25, 0.3) is 5.91 Å². The number of nitrogens with one attached hydrogen (secondary N) is 3. The maximum absolute atomic E-state index is 12.9. The summed E-state index contributed by atoms with van der Waals surface area (Å²) in [6, 6.07) is 22.0. The van der Waals surface area contributed by atoms with Gasteiger partial charge in [-0.05, 0) is 36.2 Å². The van der Waals surface area contributed by atoms with Gasteiger partial charge in [0.05, 0.1) is 10.7 Å². The second-order valence-electron chi connectivity index (χ2n) is 6.23. The van der Waals surface area contributed by atoms with E-state index in [1.807, 2.05) is 49.4 Å². The molecule has 3 N–H and O–H groups in total. The number of anilines is 2. The first-order valence-corrected chi connectivity index (χ1v) is 9.16. The summed E-state index contributed by atoms with van der Waals surface area (Å²) in [5.74, 6) is -0.338.